The third-order valence-electron chi connectivity index (χ3n) is 4.00. The molecule has 0 aliphatic carbocycles. The molecule has 0 spiro atoms. The van der Waals surface area contributed by atoms with Crippen LogP contribution in [0.15, 0.2) is 48.5 Å². The Bertz CT molecular complexity index is 974. The Hall–Kier alpha value is -3.41. The molecule has 0 saturated carbocycles. The molecule has 2 amide bonds. The number of primary amides is 2. The predicted octanol–water partition coefficient (Wildman–Crippen LogP) is 1.72. The number of carbonyl (C=O) groups is 3. The summed E-state index contributed by atoms with van der Waals surface area (Å²) >= 11 is 0. The van der Waals surface area contributed by atoms with Crippen LogP contribution >= 0.6 is 0 Å². The van der Waals surface area contributed by atoms with Gasteiger partial charge in [-0.25, -0.2) is 0 Å². The van der Waals surface area contributed by atoms with Gasteiger partial charge >= 0.3 is 0 Å². The Morgan fingerprint density at radius 2 is 1.64 bits per heavy atom. The van der Waals surface area contributed by atoms with Crippen LogP contribution in [0.1, 0.15) is 32.0 Å². The van der Waals surface area contributed by atoms with Crippen LogP contribution in [0.2, 0.25) is 0 Å². The fourth-order valence-electron chi connectivity index (χ4n) is 2.90. The van der Waals surface area contributed by atoms with Gasteiger partial charge in [-0.3, -0.25) is 14.4 Å². The molecule has 1 heterocycles. The van der Waals surface area contributed by atoms with E-state index in [0.717, 1.165) is 5.56 Å². The third-order valence-corrected chi connectivity index (χ3v) is 4.00. The highest BCUT2D eigenvalue weighted by Gasteiger charge is 2.18. The molecule has 3 rings (SSSR count). The molecular formula is C19H17N3O3. The largest absolute Gasteiger partial charge is 0.369 e. The number of nitrogens with one attached hydrogen (secondary N) is 1. The lowest BCUT2D eigenvalue weighted by atomic mass is 10.0. The molecule has 25 heavy (non-hydrogen) atoms. The van der Waals surface area contributed by atoms with Crippen molar-refractivity contribution in [1.29, 1.82) is 0 Å². The zero-order chi connectivity index (χ0) is 18.0. The van der Waals surface area contributed by atoms with Gasteiger partial charge in [-0.15, -0.1) is 0 Å². The molecule has 1 aromatic heterocycles. The summed E-state index contributed by atoms with van der Waals surface area (Å²) in [5.41, 5.74) is 13.2. The summed E-state index contributed by atoms with van der Waals surface area (Å²) in [6.45, 7) is 0. The molecular weight excluding hydrogens is 318 g/mol. The number of aromatic nitrogens is 1. The number of aromatic amines is 1. The van der Waals surface area contributed by atoms with Gasteiger partial charge in [0, 0.05) is 28.6 Å². The maximum Gasteiger partial charge on any atom is 0.251 e. The van der Waals surface area contributed by atoms with Gasteiger partial charge in [0.25, 0.3) is 5.91 Å². The van der Waals surface area contributed by atoms with Crippen molar-refractivity contribution in [2.24, 2.45) is 11.5 Å². The van der Waals surface area contributed by atoms with Crippen molar-refractivity contribution >= 4 is 28.5 Å². The average molecular weight is 335 g/mol. The number of nitrogens with two attached hydrogens (primary N) is 2. The molecule has 5 N–H and O–H groups in total. The third kappa shape index (κ3) is 3.42. The van der Waals surface area contributed by atoms with E-state index >= 15 is 0 Å². The molecule has 0 radical (unpaired) electrons. The van der Waals surface area contributed by atoms with Gasteiger partial charge in [-0.05, 0) is 11.6 Å². The smallest absolute Gasteiger partial charge is 0.251 e. The normalized spacial score (nSPS) is 10.7. The first-order valence-corrected chi connectivity index (χ1v) is 7.75. The van der Waals surface area contributed by atoms with Crippen LogP contribution in [0.4, 0.5) is 0 Å². The summed E-state index contributed by atoms with van der Waals surface area (Å²) in [5, 5.41) is 0.569. The zero-order valence-electron chi connectivity index (χ0n) is 13.4. The van der Waals surface area contributed by atoms with Gasteiger partial charge in [0.1, 0.15) is 0 Å². The summed E-state index contributed by atoms with van der Waals surface area (Å²) in [6, 6.07) is 14.4. The number of rotatable bonds is 6. The first kappa shape index (κ1) is 16.4. The summed E-state index contributed by atoms with van der Waals surface area (Å²) in [4.78, 5) is 38.4. The molecule has 6 heteroatoms. The van der Waals surface area contributed by atoms with Crippen LogP contribution in [-0.4, -0.2) is 22.6 Å². The molecule has 3 aromatic rings. The number of benzene rings is 2. The van der Waals surface area contributed by atoms with Gasteiger partial charge in [0.15, 0.2) is 5.78 Å². The monoisotopic (exact) mass is 335 g/mol. The van der Waals surface area contributed by atoms with Crippen molar-refractivity contribution in [2.75, 3.05) is 0 Å². The number of hydrogen-bond donors (Lipinski definition) is 3. The van der Waals surface area contributed by atoms with Crippen LogP contribution in [-0.2, 0) is 17.6 Å². The number of amides is 2. The van der Waals surface area contributed by atoms with Crippen molar-refractivity contribution in [3.05, 3.63) is 70.9 Å². The average Bonchev–Trinajstić information content (AvgIpc) is 2.91. The summed E-state index contributed by atoms with van der Waals surface area (Å²) < 4.78 is 0. The lowest BCUT2D eigenvalue weighted by Gasteiger charge is -2.02. The highest BCUT2D eigenvalue weighted by Crippen LogP contribution is 2.24. The van der Waals surface area contributed by atoms with Crippen molar-refractivity contribution in [3.8, 4) is 0 Å². The van der Waals surface area contributed by atoms with E-state index in [4.69, 9.17) is 11.5 Å². The highest BCUT2D eigenvalue weighted by molar-refractivity contribution is 6.10. The molecule has 0 saturated heterocycles. The van der Waals surface area contributed by atoms with Crippen molar-refractivity contribution in [3.63, 3.8) is 0 Å². The standard InChI is InChI=1S/C19H17N3O3/c20-17(24)10-15-18(19(21)25)13-7-6-12(9-14(13)22-15)16(23)8-11-4-2-1-3-5-11/h1-7,9,22H,8,10H2,(H2,20,24)(H2,21,25). The minimum atomic E-state index is -0.647. The maximum atomic E-state index is 12.5. The van der Waals surface area contributed by atoms with Crippen molar-refractivity contribution < 1.29 is 14.4 Å². The molecule has 126 valence electrons. The SMILES string of the molecule is NC(=O)Cc1[nH]c2cc(C(=O)Cc3ccccc3)ccc2c1C(N)=O. The fraction of sp³-hybridized carbons (Fsp3) is 0.105. The molecule has 6 nitrogen and oxygen atoms in total. The Kier molecular flexibility index (Phi) is 4.35. The Morgan fingerprint density at radius 3 is 2.28 bits per heavy atom. The fourth-order valence-corrected chi connectivity index (χ4v) is 2.90. The van der Waals surface area contributed by atoms with Crippen LogP contribution < -0.4 is 11.5 Å². The second kappa shape index (κ2) is 6.60. The maximum absolute atomic E-state index is 12.5. The lowest BCUT2D eigenvalue weighted by Crippen LogP contribution is -2.18. The first-order valence-electron chi connectivity index (χ1n) is 7.75. The second-order valence-corrected chi connectivity index (χ2v) is 5.83. The Balaban J connectivity index is 1.98. The van der Waals surface area contributed by atoms with E-state index in [-0.39, 0.29) is 24.2 Å². The summed E-state index contributed by atoms with van der Waals surface area (Å²) in [7, 11) is 0. The van der Waals surface area contributed by atoms with E-state index in [1.54, 1.807) is 18.2 Å². The van der Waals surface area contributed by atoms with E-state index in [1.165, 1.54) is 0 Å². The Labute approximate surface area is 143 Å². The predicted molar refractivity (Wildman–Crippen MR) is 94.2 cm³/mol. The van der Waals surface area contributed by atoms with E-state index in [1.807, 2.05) is 30.3 Å². The number of ketones is 1. The number of H-pyrrole nitrogens is 1. The van der Waals surface area contributed by atoms with Gasteiger partial charge in [0.05, 0.1) is 12.0 Å². The molecule has 0 bridgehead atoms. The number of fused-ring (bicyclic) bond motifs is 1. The lowest BCUT2D eigenvalue weighted by molar-refractivity contribution is -0.117. The molecule has 0 aliphatic rings. The van der Waals surface area contributed by atoms with Crippen LogP contribution in [0.25, 0.3) is 10.9 Å². The quantitative estimate of drug-likeness (QED) is 0.595. The van der Waals surface area contributed by atoms with Crippen molar-refractivity contribution in [2.45, 2.75) is 12.8 Å². The molecule has 0 aliphatic heterocycles. The number of carbonyl (C=O) groups excluding carboxylic acids is 3. The van der Waals surface area contributed by atoms with Gasteiger partial charge in [0.2, 0.25) is 5.91 Å². The minimum Gasteiger partial charge on any atom is -0.369 e. The van der Waals surface area contributed by atoms with Gasteiger partial charge < -0.3 is 16.5 Å². The van der Waals surface area contributed by atoms with Gasteiger partial charge in [-0.2, -0.15) is 0 Å². The van der Waals surface area contributed by atoms with E-state index in [2.05, 4.69) is 4.98 Å². The second-order valence-electron chi connectivity index (χ2n) is 5.83. The number of hydrogen-bond acceptors (Lipinski definition) is 3. The first-order chi connectivity index (χ1) is 12.0. The van der Waals surface area contributed by atoms with E-state index in [0.29, 0.717) is 22.2 Å². The van der Waals surface area contributed by atoms with Crippen molar-refractivity contribution in [1.82, 2.24) is 4.98 Å². The van der Waals surface area contributed by atoms with E-state index in [9.17, 15) is 14.4 Å². The number of Topliss-reactive ketones (excluding diaryl/α,β-unsaturated/α-hetero) is 1. The van der Waals surface area contributed by atoms with Gasteiger partial charge in [-0.1, -0.05) is 42.5 Å². The van der Waals surface area contributed by atoms with Crippen LogP contribution in [0, 0.1) is 0 Å². The highest BCUT2D eigenvalue weighted by atomic mass is 16.1. The molecule has 0 atom stereocenters. The minimum absolute atomic E-state index is 0.0419. The summed E-state index contributed by atoms with van der Waals surface area (Å²) in [6.07, 6.45) is 0.157. The summed E-state index contributed by atoms with van der Waals surface area (Å²) in [5.74, 6) is -1.26. The zero-order valence-corrected chi connectivity index (χ0v) is 13.4. The Morgan fingerprint density at radius 1 is 0.920 bits per heavy atom. The molecule has 2 aromatic carbocycles. The molecule has 0 unspecified atom stereocenters. The molecule has 0 fully saturated rings. The topological polar surface area (TPSA) is 119 Å². The van der Waals surface area contributed by atoms with Crippen LogP contribution in [0.5, 0.6) is 0 Å². The van der Waals surface area contributed by atoms with Crippen LogP contribution in [0.3, 0.4) is 0 Å². The van der Waals surface area contributed by atoms with E-state index < -0.39 is 11.8 Å².